The lowest BCUT2D eigenvalue weighted by Gasteiger charge is -1.96. The molecule has 0 aliphatic rings. The molecule has 0 spiro atoms. The lowest BCUT2D eigenvalue weighted by atomic mass is 10.2. The summed E-state index contributed by atoms with van der Waals surface area (Å²) in [5, 5.41) is 7.16. The Hall–Kier alpha value is -0.900. The summed E-state index contributed by atoms with van der Waals surface area (Å²) in [7, 11) is 0. The molecular weight excluding hydrogens is 118 g/mol. The molecule has 1 aromatic rings. The van der Waals surface area contributed by atoms with E-state index < -0.39 is 0 Å². The predicted molar refractivity (Wildman–Crippen MR) is 31.7 cm³/mol. The van der Waals surface area contributed by atoms with Crippen molar-refractivity contribution >= 4 is 0 Å². The first-order valence-electron chi connectivity index (χ1n) is 2.79. The number of nitrogens with two attached hydrogens (primary N) is 1. The van der Waals surface area contributed by atoms with Crippen LogP contribution >= 0.6 is 0 Å². The molecule has 0 bridgehead atoms. The van der Waals surface area contributed by atoms with E-state index in [4.69, 9.17) is 10.2 Å². The molecule has 0 amide bonds. The van der Waals surface area contributed by atoms with Gasteiger partial charge in [0, 0.05) is 12.5 Å². The summed E-state index contributed by atoms with van der Waals surface area (Å²) in [6.07, 6.45) is 1.96. The summed E-state index contributed by atoms with van der Waals surface area (Å²) < 4.78 is 4.84. The van der Waals surface area contributed by atoms with E-state index in [2.05, 4.69) is 10.2 Å². The zero-order valence-corrected chi connectivity index (χ0v) is 5.24. The molecule has 1 aromatic heterocycles. The van der Waals surface area contributed by atoms with Crippen LogP contribution in [0.5, 0.6) is 0 Å². The van der Waals surface area contributed by atoms with Crippen molar-refractivity contribution in [2.45, 2.75) is 19.4 Å². The highest BCUT2D eigenvalue weighted by atomic mass is 16.4. The van der Waals surface area contributed by atoms with Gasteiger partial charge >= 0.3 is 0 Å². The molecule has 0 fully saturated rings. The second kappa shape index (κ2) is 2.59. The number of hydrogen-bond donors (Lipinski definition) is 1. The average Bonchev–Trinajstić information content (AvgIpc) is 2.15. The van der Waals surface area contributed by atoms with Gasteiger partial charge in [0.05, 0.1) is 0 Å². The summed E-state index contributed by atoms with van der Waals surface area (Å²) in [6.45, 7) is 1.89. The van der Waals surface area contributed by atoms with E-state index in [0.29, 0.717) is 12.3 Å². The van der Waals surface area contributed by atoms with Crippen LogP contribution < -0.4 is 5.73 Å². The molecule has 0 saturated heterocycles. The Morgan fingerprint density at radius 1 is 1.89 bits per heavy atom. The van der Waals surface area contributed by atoms with E-state index in [1.807, 2.05) is 6.92 Å². The normalized spacial score (nSPS) is 13.6. The fourth-order valence-corrected chi connectivity index (χ4v) is 0.560. The Kier molecular flexibility index (Phi) is 1.79. The first-order chi connectivity index (χ1) is 4.29. The highest BCUT2D eigenvalue weighted by Crippen LogP contribution is 1.94. The summed E-state index contributed by atoms with van der Waals surface area (Å²) >= 11 is 0. The van der Waals surface area contributed by atoms with Crippen LogP contribution in [-0.4, -0.2) is 16.2 Å². The van der Waals surface area contributed by atoms with Crippen LogP contribution in [0.2, 0.25) is 0 Å². The van der Waals surface area contributed by atoms with Gasteiger partial charge in [-0.15, -0.1) is 10.2 Å². The molecule has 0 aromatic carbocycles. The van der Waals surface area contributed by atoms with Crippen molar-refractivity contribution in [2.24, 2.45) is 5.73 Å². The smallest absolute Gasteiger partial charge is 0.217 e. The van der Waals surface area contributed by atoms with Crippen molar-refractivity contribution in [2.75, 3.05) is 0 Å². The second-order valence-electron chi connectivity index (χ2n) is 2.01. The molecule has 2 N–H and O–H groups in total. The van der Waals surface area contributed by atoms with Crippen molar-refractivity contribution in [3.05, 3.63) is 12.3 Å². The summed E-state index contributed by atoms with van der Waals surface area (Å²) in [6, 6.07) is 0.0884. The van der Waals surface area contributed by atoms with Gasteiger partial charge in [0.15, 0.2) is 0 Å². The minimum absolute atomic E-state index is 0.0884. The molecule has 50 valence electrons. The third kappa shape index (κ3) is 1.81. The summed E-state index contributed by atoms with van der Waals surface area (Å²) in [5.74, 6) is 0.602. The van der Waals surface area contributed by atoms with Crippen LogP contribution in [0.4, 0.5) is 0 Å². The third-order valence-corrected chi connectivity index (χ3v) is 0.902. The molecule has 1 unspecified atom stereocenters. The highest BCUT2D eigenvalue weighted by molar-refractivity contribution is 4.76. The zero-order chi connectivity index (χ0) is 6.69. The molecule has 1 heterocycles. The molecule has 4 nitrogen and oxygen atoms in total. The van der Waals surface area contributed by atoms with Crippen molar-refractivity contribution in [1.29, 1.82) is 0 Å². The van der Waals surface area contributed by atoms with E-state index in [0.717, 1.165) is 0 Å². The Morgan fingerprint density at radius 2 is 2.67 bits per heavy atom. The van der Waals surface area contributed by atoms with Crippen LogP contribution in [0.25, 0.3) is 0 Å². The van der Waals surface area contributed by atoms with Crippen molar-refractivity contribution in [3.8, 4) is 0 Å². The van der Waals surface area contributed by atoms with E-state index >= 15 is 0 Å². The quantitative estimate of drug-likeness (QED) is 0.605. The van der Waals surface area contributed by atoms with Crippen LogP contribution in [0.15, 0.2) is 10.8 Å². The Balaban J connectivity index is 2.48. The number of hydrogen-bond acceptors (Lipinski definition) is 4. The van der Waals surface area contributed by atoms with Gasteiger partial charge in [-0.25, -0.2) is 0 Å². The molecule has 1 rings (SSSR count). The Morgan fingerprint density at radius 3 is 3.11 bits per heavy atom. The number of rotatable bonds is 2. The third-order valence-electron chi connectivity index (χ3n) is 0.902. The van der Waals surface area contributed by atoms with Gasteiger partial charge in [-0.05, 0) is 6.92 Å². The largest absolute Gasteiger partial charge is 0.428 e. The Labute approximate surface area is 53.1 Å². The fourth-order valence-electron chi connectivity index (χ4n) is 0.560. The SMILES string of the molecule is CC(N)Cc1nnco1. The maximum absolute atomic E-state index is 5.46. The van der Waals surface area contributed by atoms with Gasteiger partial charge in [-0.1, -0.05) is 0 Å². The Bertz CT molecular complexity index is 159. The standard InChI is InChI=1S/C5H9N3O/c1-4(6)2-5-8-7-3-9-5/h3-4H,2,6H2,1H3. The zero-order valence-electron chi connectivity index (χ0n) is 5.24. The lowest BCUT2D eigenvalue weighted by molar-refractivity contribution is 0.476. The minimum atomic E-state index is 0.0884. The molecule has 9 heavy (non-hydrogen) atoms. The van der Waals surface area contributed by atoms with Gasteiger partial charge in [0.25, 0.3) is 0 Å². The lowest BCUT2D eigenvalue weighted by Crippen LogP contribution is -2.17. The molecular formula is C5H9N3O. The maximum Gasteiger partial charge on any atom is 0.217 e. The fraction of sp³-hybridized carbons (Fsp3) is 0.600. The molecule has 0 aliphatic carbocycles. The van der Waals surface area contributed by atoms with E-state index in [-0.39, 0.29) is 6.04 Å². The van der Waals surface area contributed by atoms with Gasteiger partial charge in [-0.3, -0.25) is 0 Å². The number of nitrogens with zero attached hydrogens (tertiary/aromatic N) is 2. The van der Waals surface area contributed by atoms with Crippen LogP contribution in [0, 0.1) is 0 Å². The second-order valence-corrected chi connectivity index (χ2v) is 2.01. The highest BCUT2D eigenvalue weighted by Gasteiger charge is 2.00. The summed E-state index contributed by atoms with van der Waals surface area (Å²) in [5.41, 5.74) is 5.46. The first-order valence-corrected chi connectivity index (χ1v) is 2.79. The van der Waals surface area contributed by atoms with E-state index in [1.165, 1.54) is 6.39 Å². The molecule has 0 radical (unpaired) electrons. The minimum Gasteiger partial charge on any atom is -0.428 e. The molecule has 0 saturated carbocycles. The molecule has 0 aliphatic heterocycles. The van der Waals surface area contributed by atoms with E-state index in [1.54, 1.807) is 0 Å². The monoisotopic (exact) mass is 127 g/mol. The maximum atomic E-state index is 5.46. The van der Waals surface area contributed by atoms with E-state index in [9.17, 15) is 0 Å². The molecule has 4 heteroatoms. The van der Waals surface area contributed by atoms with Crippen LogP contribution in [-0.2, 0) is 6.42 Å². The molecule has 1 atom stereocenters. The number of aromatic nitrogens is 2. The van der Waals surface area contributed by atoms with Crippen LogP contribution in [0.3, 0.4) is 0 Å². The first kappa shape index (κ1) is 6.22. The van der Waals surface area contributed by atoms with Gasteiger partial charge in [0.1, 0.15) is 0 Å². The average molecular weight is 127 g/mol. The topological polar surface area (TPSA) is 64.9 Å². The summed E-state index contributed by atoms with van der Waals surface area (Å²) in [4.78, 5) is 0. The van der Waals surface area contributed by atoms with Crippen LogP contribution in [0.1, 0.15) is 12.8 Å². The predicted octanol–water partition coefficient (Wildman–Crippen LogP) is -0.0407. The van der Waals surface area contributed by atoms with Gasteiger partial charge in [-0.2, -0.15) is 0 Å². The van der Waals surface area contributed by atoms with Gasteiger partial charge < -0.3 is 10.2 Å². The van der Waals surface area contributed by atoms with Crippen molar-refractivity contribution in [1.82, 2.24) is 10.2 Å². The van der Waals surface area contributed by atoms with Gasteiger partial charge in [0.2, 0.25) is 12.3 Å². The van der Waals surface area contributed by atoms with Crippen molar-refractivity contribution in [3.63, 3.8) is 0 Å². The van der Waals surface area contributed by atoms with Crippen molar-refractivity contribution < 1.29 is 4.42 Å².